The summed E-state index contributed by atoms with van der Waals surface area (Å²) in [5.74, 6) is 1.65. The summed E-state index contributed by atoms with van der Waals surface area (Å²) in [6, 6.07) is 0. The smallest absolute Gasteiger partial charge is 0.224 e. The fraction of sp³-hybridized carbons (Fsp3) is 0.667. The molecule has 2 heterocycles. The van der Waals surface area contributed by atoms with Gasteiger partial charge in [-0.15, -0.1) is 15.3 Å². The first-order valence-electron chi connectivity index (χ1n) is 6.49. The van der Waals surface area contributed by atoms with Crippen LogP contribution in [0.4, 0.5) is 5.95 Å². The molecule has 104 valence electrons. The van der Waals surface area contributed by atoms with Crippen molar-refractivity contribution >= 4 is 17.5 Å². The Kier molecular flexibility index (Phi) is 3.84. The molecule has 0 fully saturated rings. The van der Waals surface area contributed by atoms with Gasteiger partial charge in [0.25, 0.3) is 0 Å². The van der Waals surface area contributed by atoms with Crippen molar-refractivity contribution in [3.05, 3.63) is 5.69 Å². The van der Waals surface area contributed by atoms with Crippen LogP contribution in [0.3, 0.4) is 0 Å². The highest BCUT2D eigenvalue weighted by Gasteiger charge is 2.26. The van der Waals surface area contributed by atoms with E-state index < -0.39 is 0 Å². The second-order valence-corrected chi connectivity index (χ2v) is 6.08. The van der Waals surface area contributed by atoms with Crippen LogP contribution in [0, 0.1) is 0 Å². The van der Waals surface area contributed by atoms with E-state index in [0.717, 1.165) is 35.4 Å². The van der Waals surface area contributed by atoms with Crippen molar-refractivity contribution in [3.63, 3.8) is 0 Å². The Morgan fingerprint density at radius 1 is 1.16 bits per heavy atom. The number of hydrogen-bond acceptors (Lipinski definition) is 6. The molecular formula is C12H20N6S. The van der Waals surface area contributed by atoms with Crippen LogP contribution in [-0.4, -0.2) is 30.9 Å². The summed E-state index contributed by atoms with van der Waals surface area (Å²) in [7, 11) is 0. The van der Waals surface area contributed by atoms with Gasteiger partial charge in [-0.05, 0) is 25.4 Å². The maximum absolute atomic E-state index is 4.30. The topological polar surface area (TPSA) is 68.5 Å². The zero-order valence-corrected chi connectivity index (χ0v) is 12.9. The fourth-order valence-corrected chi connectivity index (χ4v) is 2.76. The van der Waals surface area contributed by atoms with Crippen molar-refractivity contribution in [2.45, 2.75) is 46.6 Å². The third kappa shape index (κ3) is 2.60. The Labute approximate surface area is 117 Å². The molecule has 7 heteroatoms. The lowest BCUT2D eigenvalue weighted by Gasteiger charge is -2.16. The van der Waals surface area contributed by atoms with E-state index in [9.17, 15) is 0 Å². The normalized spacial score (nSPS) is 11.8. The minimum atomic E-state index is -0.0504. The number of hydrogen-bond donors (Lipinski definition) is 1. The number of aromatic nitrogens is 5. The van der Waals surface area contributed by atoms with Gasteiger partial charge >= 0.3 is 0 Å². The van der Waals surface area contributed by atoms with Crippen LogP contribution in [0.5, 0.6) is 0 Å². The van der Waals surface area contributed by atoms with E-state index in [1.54, 1.807) is 0 Å². The SMILES string of the molecule is CCNc1nnc(-c2snnc2C(C)(C)C)n1CC. The Hall–Kier alpha value is -1.50. The van der Waals surface area contributed by atoms with Crippen LogP contribution in [0.1, 0.15) is 40.3 Å². The van der Waals surface area contributed by atoms with Crippen molar-refractivity contribution < 1.29 is 0 Å². The Morgan fingerprint density at radius 3 is 2.47 bits per heavy atom. The van der Waals surface area contributed by atoms with Crippen LogP contribution in [0.15, 0.2) is 0 Å². The molecule has 0 saturated carbocycles. The minimum Gasteiger partial charge on any atom is -0.355 e. The van der Waals surface area contributed by atoms with Gasteiger partial charge in [-0.25, -0.2) is 0 Å². The van der Waals surface area contributed by atoms with Gasteiger partial charge in [0.1, 0.15) is 4.88 Å². The lowest BCUT2D eigenvalue weighted by Crippen LogP contribution is -2.14. The summed E-state index contributed by atoms with van der Waals surface area (Å²) in [5.41, 5.74) is 0.924. The highest BCUT2D eigenvalue weighted by molar-refractivity contribution is 7.09. The lowest BCUT2D eigenvalue weighted by atomic mass is 9.91. The van der Waals surface area contributed by atoms with E-state index in [1.807, 2.05) is 6.92 Å². The molecule has 0 atom stereocenters. The molecule has 0 aliphatic rings. The van der Waals surface area contributed by atoms with Gasteiger partial charge in [-0.1, -0.05) is 25.3 Å². The first-order valence-corrected chi connectivity index (χ1v) is 7.26. The number of nitrogens with one attached hydrogen (secondary N) is 1. The van der Waals surface area contributed by atoms with Crippen LogP contribution in [-0.2, 0) is 12.0 Å². The monoisotopic (exact) mass is 280 g/mol. The van der Waals surface area contributed by atoms with Gasteiger partial charge in [0, 0.05) is 18.5 Å². The first-order chi connectivity index (χ1) is 8.99. The Balaban J connectivity index is 2.51. The third-order valence-electron chi connectivity index (χ3n) is 2.80. The highest BCUT2D eigenvalue weighted by atomic mass is 32.1. The molecule has 2 rings (SSSR count). The zero-order chi connectivity index (χ0) is 14.0. The molecule has 0 spiro atoms. The fourth-order valence-electron chi connectivity index (χ4n) is 1.89. The largest absolute Gasteiger partial charge is 0.355 e. The van der Waals surface area contributed by atoms with Gasteiger partial charge < -0.3 is 5.32 Å². The van der Waals surface area contributed by atoms with E-state index in [1.165, 1.54) is 11.5 Å². The Morgan fingerprint density at radius 2 is 1.89 bits per heavy atom. The van der Waals surface area contributed by atoms with Crippen molar-refractivity contribution in [1.82, 2.24) is 24.4 Å². The van der Waals surface area contributed by atoms with E-state index in [4.69, 9.17) is 0 Å². The number of anilines is 1. The summed E-state index contributed by atoms with van der Waals surface area (Å²) in [6.07, 6.45) is 0. The van der Waals surface area contributed by atoms with E-state index >= 15 is 0 Å². The molecule has 0 aliphatic carbocycles. The van der Waals surface area contributed by atoms with Gasteiger partial charge in [0.15, 0.2) is 5.82 Å². The van der Waals surface area contributed by atoms with E-state index in [0.29, 0.717) is 0 Å². The van der Waals surface area contributed by atoms with Crippen LogP contribution in [0.25, 0.3) is 10.7 Å². The van der Waals surface area contributed by atoms with Crippen LogP contribution in [0.2, 0.25) is 0 Å². The van der Waals surface area contributed by atoms with E-state index in [-0.39, 0.29) is 5.41 Å². The third-order valence-corrected chi connectivity index (χ3v) is 3.53. The van der Waals surface area contributed by atoms with Crippen molar-refractivity contribution in [1.29, 1.82) is 0 Å². The predicted molar refractivity (Wildman–Crippen MR) is 77.5 cm³/mol. The summed E-state index contributed by atoms with van der Waals surface area (Å²) in [5, 5.41) is 16.0. The number of rotatable bonds is 4. The maximum atomic E-state index is 4.30. The van der Waals surface area contributed by atoms with Crippen LogP contribution >= 0.6 is 11.5 Å². The summed E-state index contributed by atoms with van der Waals surface area (Å²) in [6.45, 7) is 12.2. The molecule has 0 saturated heterocycles. The molecule has 0 unspecified atom stereocenters. The minimum absolute atomic E-state index is 0.0504. The molecule has 0 radical (unpaired) electrons. The van der Waals surface area contributed by atoms with E-state index in [2.05, 4.69) is 57.4 Å². The van der Waals surface area contributed by atoms with Gasteiger partial charge in [-0.2, -0.15) is 0 Å². The molecule has 1 N–H and O–H groups in total. The molecule has 0 aromatic carbocycles. The average molecular weight is 280 g/mol. The first kappa shape index (κ1) is 13.9. The molecule has 2 aromatic heterocycles. The Bertz CT molecular complexity index is 551. The maximum Gasteiger partial charge on any atom is 0.224 e. The average Bonchev–Trinajstić information content (AvgIpc) is 2.93. The predicted octanol–water partition coefficient (Wildman–Crippen LogP) is 2.55. The van der Waals surface area contributed by atoms with Crippen molar-refractivity contribution in [2.75, 3.05) is 11.9 Å². The molecule has 0 aliphatic heterocycles. The van der Waals surface area contributed by atoms with Gasteiger partial charge in [0.2, 0.25) is 5.95 Å². The summed E-state index contributed by atoms with van der Waals surface area (Å²) >= 11 is 1.38. The number of nitrogens with zero attached hydrogens (tertiary/aromatic N) is 5. The summed E-state index contributed by atoms with van der Waals surface area (Å²) in [4.78, 5) is 1.01. The van der Waals surface area contributed by atoms with Crippen LogP contribution < -0.4 is 5.32 Å². The second kappa shape index (κ2) is 5.24. The van der Waals surface area contributed by atoms with Crippen molar-refractivity contribution in [2.24, 2.45) is 0 Å². The molecule has 19 heavy (non-hydrogen) atoms. The quantitative estimate of drug-likeness (QED) is 0.932. The molecule has 6 nitrogen and oxygen atoms in total. The molecular weight excluding hydrogens is 260 g/mol. The molecule has 2 aromatic rings. The van der Waals surface area contributed by atoms with Gasteiger partial charge in [-0.3, -0.25) is 4.57 Å². The zero-order valence-electron chi connectivity index (χ0n) is 12.1. The lowest BCUT2D eigenvalue weighted by molar-refractivity contribution is 0.567. The molecule has 0 amide bonds. The summed E-state index contributed by atoms with van der Waals surface area (Å²) < 4.78 is 6.15. The van der Waals surface area contributed by atoms with Gasteiger partial charge in [0.05, 0.1) is 5.69 Å². The van der Waals surface area contributed by atoms with Crippen molar-refractivity contribution in [3.8, 4) is 10.7 Å². The molecule has 0 bridgehead atoms. The standard InChI is InChI=1S/C12H20N6S/c1-6-13-11-16-15-10(18(11)7-2)8-9(12(3,4)5)14-17-19-8/h6-7H2,1-5H3,(H,13,16). The highest BCUT2D eigenvalue weighted by Crippen LogP contribution is 2.33. The second-order valence-electron chi connectivity index (χ2n) is 5.32.